The van der Waals surface area contributed by atoms with Crippen molar-refractivity contribution in [2.75, 3.05) is 0 Å². The third-order valence-electron chi connectivity index (χ3n) is 3.05. The van der Waals surface area contributed by atoms with Crippen LogP contribution in [0.3, 0.4) is 0 Å². The van der Waals surface area contributed by atoms with Crippen LogP contribution in [0, 0.1) is 0 Å². The first kappa shape index (κ1) is 10.9. The molecule has 0 spiro atoms. The molecule has 0 bridgehead atoms. The fraction of sp³-hybridized carbons (Fsp3) is 0.143. The van der Waals surface area contributed by atoms with Crippen LogP contribution in [0.1, 0.15) is 17.5 Å². The molecule has 0 saturated carbocycles. The largest absolute Gasteiger partial charge is 0.380 e. The van der Waals surface area contributed by atoms with Crippen LogP contribution in [0.15, 0.2) is 48.9 Å². The third-order valence-corrected chi connectivity index (χ3v) is 3.05. The lowest BCUT2D eigenvalue weighted by atomic mass is 10.1. The van der Waals surface area contributed by atoms with Crippen LogP contribution in [-0.2, 0) is 7.05 Å². The van der Waals surface area contributed by atoms with Gasteiger partial charge in [0.05, 0.1) is 5.52 Å². The number of hydrogen-bond donors (Lipinski definition) is 1. The first-order chi connectivity index (χ1) is 8.75. The Hall–Kier alpha value is -2.20. The average molecular weight is 239 g/mol. The summed E-state index contributed by atoms with van der Waals surface area (Å²) in [5.74, 6) is 0.637. The molecule has 1 atom stereocenters. The molecule has 0 aliphatic rings. The number of fused-ring (bicyclic) bond motifs is 1. The molecule has 0 aliphatic heterocycles. The number of nitrogens with zero attached hydrogens (tertiary/aromatic N) is 3. The summed E-state index contributed by atoms with van der Waals surface area (Å²) < 4.78 is 1.82. The predicted molar refractivity (Wildman–Crippen MR) is 69.0 cm³/mol. The third kappa shape index (κ3) is 1.76. The summed E-state index contributed by atoms with van der Waals surface area (Å²) in [5.41, 5.74) is 1.75. The van der Waals surface area contributed by atoms with Crippen molar-refractivity contribution in [1.82, 2.24) is 14.5 Å². The maximum Gasteiger partial charge on any atom is 0.142 e. The normalized spacial score (nSPS) is 12.8. The van der Waals surface area contributed by atoms with Crippen LogP contribution in [-0.4, -0.2) is 19.6 Å². The molecule has 1 unspecified atom stereocenters. The van der Waals surface area contributed by atoms with Gasteiger partial charge in [0.15, 0.2) is 0 Å². The number of aryl methyl sites for hydroxylation is 1. The molecule has 18 heavy (non-hydrogen) atoms. The minimum atomic E-state index is -0.713. The van der Waals surface area contributed by atoms with Gasteiger partial charge in [0, 0.05) is 31.0 Å². The van der Waals surface area contributed by atoms with E-state index in [1.165, 1.54) is 0 Å². The van der Waals surface area contributed by atoms with Crippen molar-refractivity contribution in [3.63, 3.8) is 0 Å². The molecule has 0 radical (unpaired) electrons. The second kappa shape index (κ2) is 4.23. The highest BCUT2D eigenvalue weighted by Crippen LogP contribution is 2.23. The number of rotatable bonds is 2. The van der Waals surface area contributed by atoms with E-state index in [1.807, 2.05) is 48.1 Å². The average Bonchev–Trinajstić information content (AvgIpc) is 2.83. The Balaban J connectivity index is 2.07. The summed E-state index contributed by atoms with van der Waals surface area (Å²) in [5, 5.41) is 11.3. The van der Waals surface area contributed by atoms with Gasteiger partial charge in [-0.2, -0.15) is 0 Å². The number of hydrogen-bond acceptors (Lipinski definition) is 3. The first-order valence-electron chi connectivity index (χ1n) is 5.75. The van der Waals surface area contributed by atoms with Crippen molar-refractivity contribution in [2.45, 2.75) is 6.10 Å². The molecule has 1 aromatic carbocycles. The highest BCUT2D eigenvalue weighted by atomic mass is 16.3. The van der Waals surface area contributed by atoms with E-state index in [4.69, 9.17) is 0 Å². The molecule has 4 heteroatoms. The van der Waals surface area contributed by atoms with Gasteiger partial charge < -0.3 is 9.67 Å². The second-order valence-electron chi connectivity index (χ2n) is 4.25. The number of benzene rings is 1. The van der Waals surface area contributed by atoms with Crippen LogP contribution < -0.4 is 0 Å². The van der Waals surface area contributed by atoms with Gasteiger partial charge in [0.1, 0.15) is 11.9 Å². The molecule has 3 rings (SSSR count). The maximum absolute atomic E-state index is 10.3. The lowest BCUT2D eigenvalue weighted by Gasteiger charge is -2.11. The SMILES string of the molecule is Cn1ccnc1C(O)c1ccc2ncccc2c1. The summed E-state index contributed by atoms with van der Waals surface area (Å²) in [6.07, 6.45) is 4.55. The van der Waals surface area contributed by atoms with Crippen LogP contribution in [0.4, 0.5) is 0 Å². The molecule has 4 nitrogen and oxygen atoms in total. The Kier molecular flexibility index (Phi) is 2.57. The molecule has 3 aromatic rings. The van der Waals surface area contributed by atoms with Crippen LogP contribution >= 0.6 is 0 Å². The fourth-order valence-corrected chi connectivity index (χ4v) is 2.05. The summed E-state index contributed by atoms with van der Waals surface area (Å²) in [6.45, 7) is 0. The zero-order valence-corrected chi connectivity index (χ0v) is 9.99. The first-order valence-corrected chi connectivity index (χ1v) is 5.75. The molecular weight excluding hydrogens is 226 g/mol. The van der Waals surface area contributed by atoms with Gasteiger partial charge in [0.25, 0.3) is 0 Å². The Labute approximate surface area is 105 Å². The van der Waals surface area contributed by atoms with Gasteiger partial charge in [-0.1, -0.05) is 12.1 Å². The van der Waals surface area contributed by atoms with Crippen molar-refractivity contribution in [1.29, 1.82) is 0 Å². The Bertz CT molecular complexity index is 690. The minimum absolute atomic E-state index is 0.637. The highest BCUT2D eigenvalue weighted by molar-refractivity contribution is 5.79. The zero-order chi connectivity index (χ0) is 12.5. The van der Waals surface area contributed by atoms with Gasteiger partial charge in [-0.05, 0) is 23.8 Å². The van der Waals surface area contributed by atoms with Gasteiger partial charge in [-0.3, -0.25) is 4.98 Å². The van der Waals surface area contributed by atoms with Gasteiger partial charge in [-0.15, -0.1) is 0 Å². The molecular formula is C14H13N3O. The van der Waals surface area contributed by atoms with E-state index in [9.17, 15) is 5.11 Å². The van der Waals surface area contributed by atoms with Crippen molar-refractivity contribution >= 4 is 10.9 Å². The van der Waals surface area contributed by atoms with Crippen LogP contribution in [0.25, 0.3) is 10.9 Å². The van der Waals surface area contributed by atoms with E-state index in [2.05, 4.69) is 9.97 Å². The van der Waals surface area contributed by atoms with Crippen molar-refractivity contribution in [3.05, 3.63) is 60.3 Å². The molecule has 1 N–H and O–H groups in total. The molecule has 90 valence electrons. The minimum Gasteiger partial charge on any atom is -0.380 e. The lowest BCUT2D eigenvalue weighted by molar-refractivity contribution is 0.206. The van der Waals surface area contributed by atoms with E-state index in [0.29, 0.717) is 5.82 Å². The van der Waals surface area contributed by atoms with Gasteiger partial charge in [-0.25, -0.2) is 4.98 Å². The van der Waals surface area contributed by atoms with E-state index in [0.717, 1.165) is 16.5 Å². The maximum atomic E-state index is 10.3. The number of aliphatic hydroxyl groups excluding tert-OH is 1. The monoisotopic (exact) mass is 239 g/mol. The van der Waals surface area contributed by atoms with Crippen LogP contribution in [0.5, 0.6) is 0 Å². The highest BCUT2D eigenvalue weighted by Gasteiger charge is 2.14. The Morgan fingerprint density at radius 1 is 1.17 bits per heavy atom. The predicted octanol–water partition coefficient (Wildman–Crippen LogP) is 2.05. The summed E-state index contributed by atoms with van der Waals surface area (Å²) in [6, 6.07) is 9.61. The van der Waals surface area contributed by atoms with Gasteiger partial charge in [0.2, 0.25) is 0 Å². The quantitative estimate of drug-likeness (QED) is 0.744. The topological polar surface area (TPSA) is 50.9 Å². The van der Waals surface area contributed by atoms with E-state index < -0.39 is 6.10 Å². The van der Waals surface area contributed by atoms with Crippen LogP contribution in [0.2, 0.25) is 0 Å². The molecule has 0 amide bonds. The Morgan fingerprint density at radius 3 is 2.83 bits per heavy atom. The molecule has 0 fully saturated rings. The fourth-order valence-electron chi connectivity index (χ4n) is 2.05. The number of aliphatic hydroxyl groups is 1. The van der Waals surface area contributed by atoms with Gasteiger partial charge >= 0.3 is 0 Å². The van der Waals surface area contributed by atoms with Crippen molar-refractivity contribution < 1.29 is 5.11 Å². The summed E-state index contributed by atoms with van der Waals surface area (Å²) >= 11 is 0. The standard InChI is InChI=1S/C14H13N3O/c1-17-8-7-16-14(17)13(18)11-4-5-12-10(9-11)3-2-6-15-12/h2-9,13,18H,1H3. The zero-order valence-electron chi connectivity index (χ0n) is 9.99. The smallest absolute Gasteiger partial charge is 0.142 e. The number of aromatic nitrogens is 3. The molecule has 0 aliphatic carbocycles. The second-order valence-corrected chi connectivity index (χ2v) is 4.25. The Morgan fingerprint density at radius 2 is 2.06 bits per heavy atom. The summed E-state index contributed by atoms with van der Waals surface area (Å²) in [4.78, 5) is 8.43. The lowest BCUT2D eigenvalue weighted by Crippen LogP contribution is -2.06. The molecule has 2 aromatic heterocycles. The number of imidazole rings is 1. The van der Waals surface area contributed by atoms with E-state index in [-0.39, 0.29) is 0 Å². The summed E-state index contributed by atoms with van der Waals surface area (Å²) in [7, 11) is 1.87. The number of pyridine rings is 1. The van der Waals surface area contributed by atoms with E-state index in [1.54, 1.807) is 12.4 Å². The molecule has 0 saturated heterocycles. The van der Waals surface area contributed by atoms with Crippen molar-refractivity contribution in [2.24, 2.45) is 7.05 Å². The van der Waals surface area contributed by atoms with Crippen molar-refractivity contribution in [3.8, 4) is 0 Å². The molecule has 2 heterocycles. The van der Waals surface area contributed by atoms with E-state index >= 15 is 0 Å².